The molecule has 2 rings (SSSR count). The molecule has 0 spiro atoms. The standard InChI is InChI=1S/C12H10O2P/c13-15-14-12-9-5-4-8-11(12)10-6-2-1-3-7-10/h1-9,15H/q+1. The first-order valence-electron chi connectivity index (χ1n) is 4.60. The average Bonchev–Trinajstić information content (AvgIpc) is 2.31. The number of hydrogen-bond donors (Lipinski definition) is 0. The van der Waals surface area contributed by atoms with Crippen LogP contribution in [0.4, 0.5) is 0 Å². The molecule has 3 heteroatoms. The molecule has 0 radical (unpaired) electrons. The van der Waals surface area contributed by atoms with Gasteiger partial charge in [-0.3, -0.25) is 4.52 Å². The maximum atomic E-state index is 10.5. The summed E-state index contributed by atoms with van der Waals surface area (Å²) in [6.07, 6.45) is 0. The lowest BCUT2D eigenvalue weighted by atomic mass is 10.1. The quantitative estimate of drug-likeness (QED) is 0.733. The van der Waals surface area contributed by atoms with E-state index >= 15 is 0 Å². The highest BCUT2D eigenvalue weighted by Crippen LogP contribution is 2.31. The molecule has 0 N–H and O–H groups in total. The molecular weight excluding hydrogens is 207 g/mol. The molecule has 0 aromatic heterocycles. The third-order valence-electron chi connectivity index (χ3n) is 2.12. The maximum Gasteiger partial charge on any atom is 0.542 e. The number of para-hydroxylation sites is 1. The van der Waals surface area contributed by atoms with Gasteiger partial charge in [-0.15, -0.1) is 0 Å². The molecule has 1 atom stereocenters. The van der Waals surface area contributed by atoms with Crippen molar-refractivity contribution in [1.82, 2.24) is 0 Å². The Bertz CT molecular complexity index is 454. The third-order valence-corrected chi connectivity index (χ3v) is 2.43. The highest BCUT2D eigenvalue weighted by Gasteiger charge is 2.07. The second kappa shape index (κ2) is 4.72. The Labute approximate surface area is 89.8 Å². The molecule has 0 fully saturated rings. The van der Waals surface area contributed by atoms with E-state index in [1.807, 2.05) is 54.6 Å². The molecule has 0 amide bonds. The van der Waals surface area contributed by atoms with Crippen LogP contribution < -0.4 is 4.52 Å². The Morgan fingerprint density at radius 2 is 1.53 bits per heavy atom. The first-order chi connectivity index (χ1) is 7.42. The Hall–Kier alpha value is -1.66. The fraction of sp³-hybridized carbons (Fsp3) is 0. The van der Waals surface area contributed by atoms with Crippen LogP contribution in [0.5, 0.6) is 5.75 Å². The monoisotopic (exact) mass is 217 g/mol. The van der Waals surface area contributed by atoms with Gasteiger partial charge in [0.05, 0.1) is 0 Å². The zero-order chi connectivity index (χ0) is 10.5. The van der Waals surface area contributed by atoms with Crippen molar-refractivity contribution < 1.29 is 9.09 Å². The molecular formula is C12H10O2P+. The fourth-order valence-electron chi connectivity index (χ4n) is 1.46. The zero-order valence-corrected chi connectivity index (χ0v) is 9.01. The summed E-state index contributed by atoms with van der Waals surface area (Å²) in [7, 11) is -0.774. The average molecular weight is 217 g/mol. The van der Waals surface area contributed by atoms with E-state index in [2.05, 4.69) is 0 Å². The van der Waals surface area contributed by atoms with Gasteiger partial charge >= 0.3 is 8.69 Å². The van der Waals surface area contributed by atoms with Crippen LogP contribution in [0.25, 0.3) is 11.1 Å². The summed E-state index contributed by atoms with van der Waals surface area (Å²) < 4.78 is 15.6. The molecule has 2 aromatic carbocycles. The summed E-state index contributed by atoms with van der Waals surface area (Å²) >= 11 is 0. The van der Waals surface area contributed by atoms with E-state index in [4.69, 9.17) is 4.52 Å². The Balaban J connectivity index is 2.48. The normalized spacial score (nSPS) is 10.1. The van der Waals surface area contributed by atoms with Crippen molar-refractivity contribution in [3.05, 3.63) is 54.6 Å². The van der Waals surface area contributed by atoms with E-state index in [9.17, 15) is 4.57 Å². The Morgan fingerprint density at radius 3 is 2.27 bits per heavy atom. The van der Waals surface area contributed by atoms with Gasteiger partial charge in [-0.2, -0.15) is 0 Å². The third kappa shape index (κ3) is 2.23. The Kier molecular flexibility index (Phi) is 3.11. The second-order valence-electron chi connectivity index (χ2n) is 3.05. The molecule has 2 aromatic rings. The predicted octanol–water partition coefficient (Wildman–Crippen LogP) is 3.67. The van der Waals surface area contributed by atoms with Crippen LogP contribution in [0, 0.1) is 0 Å². The van der Waals surface area contributed by atoms with Gasteiger partial charge in [0.15, 0.2) is 5.75 Å². The van der Waals surface area contributed by atoms with Crippen molar-refractivity contribution in [1.29, 1.82) is 0 Å². The van der Waals surface area contributed by atoms with E-state index < -0.39 is 8.69 Å². The van der Waals surface area contributed by atoms with E-state index in [0.717, 1.165) is 11.1 Å². The Morgan fingerprint density at radius 1 is 0.867 bits per heavy atom. The number of benzene rings is 2. The largest absolute Gasteiger partial charge is 0.542 e. The highest BCUT2D eigenvalue weighted by molar-refractivity contribution is 7.17. The van der Waals surface area contributed by atoms with Gasteiger partial charge in [-0.25, -0.2) is 0 Å². The minimum atomic E-state index is -0.774. The van der Waals surface area contributed by atoms with Crippen LogP contribution in [-0.2, 0) is 4.57 Å². The van der Waals surface area contributed by atoms with Crippen LogP contribution >= 0.6 is 8.69 Å². The van der Waals surface area contributed by atoms with E-state index in [1.165, 1.54) is 0 Å². The maximum absolute atomic E-state index is 10.5. The molecule has 74 valence electrons. The molecule has 0 saturated heterocycles. The summed E-state index contributed by atoms with van der Waals surface area (Å²) in [6.45, 7) is 0. The molecule has 0 aliphatic carbocycles. The summed E-state index contributed by atoms with van der Waals surface area (Å²) in [6, 6.07) is 17.4. The lowest BCUT2D eigenvalue weighted by Crippen LogP contribution is -1.82. The summed E-state index contributed by atoms with van der Waals surface area (Å²) in [5.74, 6) is 0.650. The van der Waals surface area contributed by atoms with Crippen LogP contribution in [0.1, 0.15) is 0 Å². The zero-order valence-electron chi connectivity index (χ0n) is 8.01. The van der Waals surface area contributed by atoms with Crippen molar-refractivity contribution >= 4 is 8.69 Å². The van der Waals surface area contributed by atoms with Crippen molar-refractivity contribution in [2.45, 2.75) is 0 Å². The molecule has 0 bridgehead atoms. The fourth-order valence-corrected chi connectivity index (χ4v) is 1.72. The van der Waals surface area contributed by atoms with E-state index in [-0.39, 0.29) is 0 Å². The lowest BCUT2D eigenvalue weighted by Gasteiger charge is -2.02. The molecule has 0 heterocycles. The molecule has 0 aliphatic heterocycles. The van der Waals surface area contributed by atoms with Gasteiger partial charge in [0.25, 0.3) is 0 Å². The van der Waals surface area contributed by atoms with Crippen molar-refractivity contribution in [2.24, 2.45) is 0 Å². The molecule has 0 aliphatic rings. The van der Waals surface area contributed by atoms with E-state index in [1.54, 1.807) is 0 Å². The first-order valence-corrected chi connectivity index (χ1v) is 5.42. The summed E-state index contributed by atoms with van der Waals surface area (Å²) in [5, 5.41) is 0. The topological polar surface area (TPSA) is 26.3 Å². The molecule has 2 nitrogen and oxygen atoms in total. The SMILES string of the molecule is O=[PH+]Oc1ccccc1-c1ccccc1. The number of hydrogen-bond acceptors (Lipinski definition) is 2. The van der Waals surface area contributed by atoms with Gasteiger partial charge in [-0.1, -0.05) is 48.5 Å². The van der Waals surface area contributed by atoms with Gasteiger partial charge < -0.3 is 0 Å². The van der Waals surface area contributed by atoms with Crippen LogP contribution in [0.2, 0.25) is 0 Å². The number of rotatable bonds is 3. The van der Waals surface area contributed by atoms with Gasteiger partial charge in [0.2, 0.25) is 0 Å². The molecule has 15 heavy (non-hydrogen) atoms. The second-order valence-corrected chi connectivity index (χ2v) is 3.42. The first kappa shape index (κ1) is 9.88. The lowest BCUT2D eigenvalue weighted by molar-refractivity contribution is 0.526. The van der Waals surface area contributed by atoms with Gasteiger partial charge in [0.1, 0.15) is 0 Å². The minimum absolute atomic E-state index is 0.650. The van der Waals surface area contributed by atoms with Gasteiger partial charge in [0, 0.05) is 5.56 Å². The molecule has 1 unspecified atom stereocenters. The van der Waals surface area contributed by atoms with Crippen LogP contribution in [-0.4, -0.2) is 0 Å². The van der Waals surface area contributed by atoms with Crippen molar-refractivity contribution in [2.75, 3.05) is 0 Å². The van der Waals surface area contributed by atoms with Crippen molar-refractivity contribution in [3.8, 4) is 16.9 Å². The van der Waals surface area contributed by atoms with Crippen molar-refractivity contribution in [3.63, 3.8) is 0 Å². The smallest absolute Gasteiger partial charge is 0.255 e. The van der Waals surface area contributed by atoms with Gasteiger partial charge in [-0.05, 0) is 16.2 Å². The van der Waals surface area contributed by atoms with E-state index in [0.29, 0.717) is 5.75 Å². The summed E-state index contributed by atoms with van der Waals surface area (Å²) in [4.78, 5) is 0. The minimum Gasteiger partial charge on any atom is -0.255 e. The van der Waals surface area contributed by atoms with Crippen LogP contribution in [0.15, 0.2) is 54.6 Å². The summed E-state index contributed by atoms with van der Waals surface area (Å²) in [5.41, 5.74) is 2.02. The highest BCUT2D eigenvalue weighted by atomic mass is 31.1. The predicted molar refractivity (Wildman–Crippen MR) is 61.5 cm³/mol. The molecule has 0 saturated carbocycles. The van der Waals surface area contributed by atoms with Crippen LogP contribution in [0.3, 0.4) is 0 Å².